The fourth-order valence-electron chi connectivity index (χ4n) is 8.30. The Morgan fingerprint density at radius 1 is 0.377 bits per heavy atom. The monoisotopic (exact) mass is 671 g/mol. The van der Waals surface area contributed by atoms with Crippen molar-refractivity contribution in [3.8, 4) is 67.8 Å². The number of para-hydroxylation sites is 1. The quantitative estimate of drug-likeness (QED) is 0.139. The third-order valence-corrected chi connectivity index (χ3v) is 10.7. The lowest BCUT2D eigenvalue weighted by Crippen LogP contribution is -1.91. The maximum Gasteiger partial charge on any atom is 0.194 e. The number of benzene rings is 9. The highest BCUT2D eigenvalue weighted by molar-refractivity contribution is 6.27. The summed E-state index contributed by atoms with van der Waals surface area (Å²) in [5.74, 6) is 0. The molecule has 1 aliphatic rings. The number of nitrogens with zero attached hydrogens (tertiary/aromatic N) is 3. The van der Waals surface area contributed by atoms with Gasteiger partial charge in [-0.05, 0) is 147 Å². The van der Waals surface area contributed by atoms with Gasteiger partial charge in [-0.3, -0.25) is 0 Å². The van der Waals surface area contributed by atoms with E-state index in [-0.39, 0.29) is 7.43 Å². The Labute approximate surface area is 307 Å². The van der Waals surface area contributed by atoms with Crippen LogP contribution in [0.25, 0.3) is 104 Å². The SMILES string of the molecule is C.[C-]#[N+]c1ccccc1-c1ccc2c3c(cccc13)-c1cc3c(cc1-2)c(-c1ccc(C#N)cc1)cc1c2ccccc2c(-c2ccc(C#N)cc2)cc31. The van der Waals surface area contributed by atoms with E-state index < -0.39 is 0 Å². The van der Waals surface area contributed by atoms with Crippen molar-refractivity contribution in [2.24, 2.45) is 0 Å². The molecule has 0 fully saturated rings. The van der Waals surface area contributed by atoms with Crippen molar-refractivity contribution < 1.29 is 0 Å². The molecule has 0 aromatic heterocycles. The second-order valence-corrected chi connectivity index (χ2v) is 13.3. The molecule has 1 aliphatic carbocycles. The van der Waals surface area contributed by atoms with Crippen LogP contribution in [0.3, 0.4) is 0 Å². The summed E-state index contributed by atoms with van der Waals surface area (Å²) in [6, 6.07) is 57.0. The second kappa shape index (κ2) is 12.1. The smallest absolute Gasteiger partial charge is 0.194 e. The van der Waals surface area contributed by atoms with Gasteiger partial charge in [-0.2, -0.15) is 10.5 Å². The third-order valence-electron chi connectivity index (χ3n) is 10.7. The van der Waals surface area contributed by atoms with Crippen LogP contribution in [0.2, 0.25) is 0 Å². The van der Waals surface area contributed by atoms with E-state index >= 15 is 0 Å². The van der Waals surface area contributed by atoms with Gasteiger partial charge in [0.1, 0.15) is 0 Å². The zero-order valence-corrected chi connectivity index (χ0v) is 27.8. The van der Waals surface area contributed by atoms with E-state index in [2.05, 4.69) is 108 Å². The van der Waals surface area contributed by atoms with Crippen molar-refractivity contribution in [2.75, 3.05) is 0 Å². The van der Waals surface area contributed by atoms with E-state index in [1.165, 1.54) is 27.6 Å². The van der Waals surface area contributed by atoms with Gasteiger partial charge in [-0.25, -0.2) is 4.85 Å². The number of nitriles is 2. The lowest BCUT2D eigenvalue weighted by Gasteiger charge is -2.17. The second-order valence-electron chi connectivity index (χ2n) is 13.3. The van der Waals surface area contributed by atoms with Crippen LogP contribution < -0.4 is 0 Å². The van der Waals surface area contributed by atoms with E-state index in [1.807, 2.05) is 60.7 Å². The first-order chi connectivity index (χ1) is 25.6. The minimum atomic E-state index is 0. The van der Waals surface area contributed by atoms with Gasteiger partial charge in [0, 0.05) is 0 Å². The number of rotatable bonds is 3. The van der Waals surface area contributed by atoms with Crippen LogP contribution in [-0.2, 0) is 0 Å². The normalized spacial score (nSPS) is 11.2. The first-order valence-corrected chi connectivity index (χ1v) is 17.2. The lowest BCUT2D eigenvalue weighted by molar-refractivity contribution is 1.48. The van der Waals surface area contributed by atoms with E-state index in [9.17, 15) is 10.5 Å². The molecule has 10 rings (SSSR count). The fourth-order valence-corrected chi connectivity index (χ4v) is 8.30. The molecule has 9 aromatic carbocycles. The minimum absolute atomic E-state index is 0. The van der Waals surface area contributed by atoms with Crippen molar-refractivity contribution in [1.29, 1.82) is 10.5 Å². The molecule has 0 atom stereocenters. The van der Waals surface area contributed by atoms with Gasteiger partial charge in [0.15, 0.2) is 5.69 Å². The van der Waals surface area contributed by atoms with Gasteiger partial charge in [0.2, 0.25) is 0 Å². The highest BCUT2D eigenvalue weighted by Crippen LogP contribution is 2.53. The van der Waals surface area contributed by atoms with Crippen molar-refractivity contribution in [2.45, 2.75) is 7.43 Å². The molecule has 3 nitrogen and oxygen atoms in total. The molecule has 0 saturated heterocycles. The van der Waals surface area contributed by atoms with Crippen LogP contribution in [0, 0.1) is 29.2 Å². The molecule has 53 heavy (non-hydrogen) atoms. The summed E-state index contributed by atoms with van der Waals surface area (Å²) in [6.07, 6.45) is 0. The molecular formula is C50H29N3. The molecule has 0 radical (unpaired) electrons. The van der Waals surface area contributed by atoms with Gasteiger partial charge < -0.3 is 0 Å². The van der Waals surface area contributed by atoms with E-state index in [4.69, 9.17) is 6.57 Å². The van der Waals surface area contributed by atoms with Crippen LogP contribution >= 0.6 is 0 Å². The Balaban J connectivity index is 0.00000372. The van der Waals surface area contributed by atoms with Gasteiger partial charge in [0.05, 0.1) is 29.8 Å². The molecular weight excluding hydrogens is 643 g/mol. The Bertz CT molecular complexity index is 3130. The molecule has 0 N–H and O–H groups in total. The standard InChI is InChI=1S/C49H25N3.CH4/c1-52-48-12-5-4-9-36(48)35-21-22-39-44-25-45-41(32-19-15-30(28-51)16-20-32)24-42-34-8-3-2-7-33(34)40(31-17-13-29(27-50)14-18-31)23-46(42)47(45)26-43(44)38-11-6-10-37(35)49(38)39;/h2-26H;1H4. The van der Waals surface area contributed by atoms with Crippen molar-refractivity contribution >= 4 is 48.8 Å². The summed E-state index contributed by atoms with van der Waals surface area (Å²) in [4.78, 5) is 3.85. The summed E-state index contributed by atoms with van der Waals surface area (Å²) in [5.41, 5.74) is 13.0. The third kappa shape index (κ3) is 4.65. The maximum atomic E-state index is 9.58. The molecule has 3 heteroatoms. The van der Waals surface area contributed by atoms with Crippen molar-refractivity contribution in [1.82, 2.24) is 0 Å². The van der Waals surface area contributed by atoms with Crippen LogP contribution in [0.1, 0.15) is 18.6 Å². The Morgan fingerprint density at radius 3 is 1.51 bits per heavy atom. The van der Waals surface area contributed by atoms with E-state index in [1.54, 1.807) is 0 Å². The van der Waals surface area contributed by atoms with Crippen LogP contribution in [0.4, 0.5) is 5.69 Å². The summed E-state index contributed by atoms with van der Waals surface area (Å²) in [6.45, 7) is 7.84. The number of hydrogen-bond donors (Lipinski definition) is 0. The topological polar surface area (TPSA) is 51.9 Å². The first-order valence-electron chi connectivity index (χ1n) is 17.2. The zero-order valence-electron chi connectivity index (χ0n) is 27.8. The number of fused-ring (bicyclic) bond motifs is 8. The molecule has 0 amide bonds. The zero-order chi connectivity index (χ0) is 34.9. The van der Waals surface area contributed by atoms with Gasteiger partial charge in [-0.1, -0.05) is 111 Å². The molecule has 244 valence electrons. The summed E-state index contributed by atoms with van der Waals surface area (Å²) in [7, 11) is 0. The maximum absolute atomic E-state index is 9.58. The lowest BCUT2D eigenvalue weighted by atomic mass is 9.86. The summed E-state index contributed by atoms with van der Waals surface area (Å²) in [5, 5.41) is 28.3. The van der Waals surface area contributed by atoms with Crippen molar-refractivity contribution in [3.63, 3.8) is 0 Å². The van der Waals surface area contributed by atoms with Crippen LogP contribution in [0.5, 0.6) is 0 Å². The highest BCUT2D eigenvalue weighted by Gasteiger charge is 2.26. The average Bonchev–Trinajstić information content (AvgIpc) is 3.53. The van der Waals surface area contributed by atoms with Gasteiger partial charge in [-0.15, -0.1) is 0 Å². The highest BCUT2D eigenvalue weighted by atomic mass is 14.6. The Kier molecular flexibility index (Phi) is 7.17. The molecule has 0 spiro atoms. The Morgan fingerprint density at radius 2 is 0.849 bits per heavy atom. The number of hydrogen-bond acceptors (Lipinski definition) is 2. The molecule has 0 heterocycles. The Hall–Kier alpha value is -7.51. The predicted molar refractivity (Wildman–Crippen MR) is 220 cm³/mol. The molecule has 0 saturated carbocycles. The van der Waals surface area contributed by atoms with Gasteiger partial charge >= 0.3 is 0 Å². The van der Waals surface area contributed by atoms with Crippen LogP contribution in [0.15, 0.2) is 152 Å². The predicted octanol–water partition coefficient (Wildman–Crippen LogP) is 13.9. The van der Waals surface area contributed by atoms with E-state index in [0.717, 1.165) is 71.1 Å². The van der Waals surface area contributed by atoms with Crippen LogP contribution in [-0.4, -0.2) is 0 Å². The molecule has 0 unspecified atom stereocenters. The largest absolute Gasteiger partial charge is 0.238 e. The summed E-state index contributed by atoms with van der Waals surface area (Å²) >= 11 is 0. The molecule has 0 bridgehead atoms. The van der Waals surface area contributed by atoms with Gasteiger partial charge in [0.25, 0.3) is 0 Å². The fraction of sp³-hybridized carbons (Fsp3) is 0.0200. The molecule has 9 aromatic rings. The minimum Gasteiger partial charge on any atom is -0.238 e. The molecule has 0 aliphatic heterocycles. The van der Waals surface area contributed by atoms with Crippen molar-refractivity contribution in [3.05, 3.63) is 174 Å². The summed E-state index contributed by atoms with van der Waals surface area (Å²) < 4.78 is 0. The van der Waals surface area contributed by atoms with E-state index in [0.29, 0.717) is 16.8 Å². The average molecular weight is 672 g/mol. The first kappa shape index (κ1) is 31.5.